The van der Waals surface area contributed by atoms with E-state index in [1.54, 1.807) is 41.3 Å². The van der Waals surface area contributed by atoms with Gasteiger partial charge in [-0.15, -0.1) is 0 Å². The van der Waals surface area contributed by atoms with E-state index in [1.165, 1.54) is 11.8 Å². The number of halogens is 3. The van der Waals surface area contributed by atoms with Gasteiger partial charge in [-0.05, 0) is 66.9 Å². The summed E-state index contributed by atoms with van der Waals surface area (Å²) in [5.41, 5.74) is 3.15. The summed E-state index contributed by atoms with van der Waals surface area (Å²) >= 11 is 19.6. The molecule has 3 aromatic carbocycles. The molecule has 180 valence electrons. The molecule has 0 saturated carbocycles. The van der Waals surface area contributed by atoms with E-state index in [0.29, 0.717) is 44.6 Å². The standard InChI is InChI=1S/C26H22Cl3N3O2S/c1-16-5-10-21(14-22(16)29)30-25(34)23-15-24(33)32(12-11-17-6-8-18(27)9-7-17)26(35-23)31-20-4-2-3-19(28)13-20/h2-10,13-14,23H,11-12,15H2,1H3,(H,30,34). The lowest BCUT2D eigenvalue weighted by Crippen LogP contribution is -2.46. The summed E-state index contributed by atoms with van der Waals surface area (Å²) in [6, 6.07) is 19.9. The Morgan fingerprint density at radius 3 is 2.54 bits per heavy atom. The Morgan fingerprint density at radius 2 is 1.83 bits per heavy atom. The Bertz CT molecular complexity index is 1280. The molecular formula is C26H22Cl3N3O2S. The number of nitrogens with zero attached hydrogens (tertiary/aromatic N) is 2. The van der Waals surface area contributed by atoms with Gasteiger partial charge in [-0.3, -0.25) is 14.5 Å². The fourth-order valence-corrected chi connectivity index (χ4v) is 5.12. The van der Waals surface area contributed by atoms with Gasteiger partial charge in [0.15, 0.2) is 5.17 Å². The van der Waals surface area contributed by atoms with Crippen molar-refractivity contribution in [2.24, 2.45) is 4.99 Å². The minimum atomic E-state index is -0.632. The lowest BCUT2D eigenvalue weighted by molar-refractivity contribution is -0.129. The number of nitrogens with one attached hydrogen (secondary N) is 1. The van der Waals surface area contributed by atoms with Gasteiger partial charge in [-0.2, -0.15) is 0 Å². The molecule has 1 aliphatic rings. The third-order valence-electron chi connectivity index (χ3n) is 5.44. The maximum Gasteiger partial charge on any atom is 0.238 e. The van der Waals surface area contributed by atoms with Gasteiger partial charge in [-0.25, -0.2) is 4.99 Å². The second-order valence-corrected chi connectivity index (χ2v) is 10.5. The fourth-order valence-electron chi connectivity index (χ4n) is 3.50. The normalized spacial score (nSPS) is 17.0. The van der Waals surface area contributed by atoms with Crippen LogP contribution in [-0.2, 0) is 16.0 Å². The summed E-state index contributed by atoms with van der Waals surface area (Å²) in [5, 5.41) is 4.45. The smallest absolute Gasteiger partial charge is 0.238 e. The molecule has 1 aliphatic heterocycles. The SMILES string of the molecule is Cc1ccc(NC(=O)C2CC(=O)N(CCc3ccc(Cl)cc3)C(=Nc3cccc(Cl)c3)S2)cc1Cl. The number of carbonyl (C=O) groups excluding carboxylic acids is 2. The first kappa shape index (κ1) is 25.6. The zero-order valence-electron chi connectivity index (χ0n) is 18.8. The Morgan fingerprint density at radius 1 is 1.06 bits per heavy atom. The quantitative estimate of drug-likeness (QED) is 0.357. The monoisotopic (exact) mass is 545 g/mol. The van der Waals surface area contributed by atoms with Crippen LogP contribution in [0.4, 0.5) is 11.4 Å². The average molecular weight is 547 g/mol. The van der Waals surface area contributed by atoms with Gasteiger partial charge in [0.25, 0.3) is 0 Å². The van der Waals surface area contributed by atoms with Gasteiger partial charge in [0.2, 0.25) is 11.8 Å². The van der Waals surface area contributed by atoms with E-state index in [4.69, 9.17) is 34.8 Å². The van der Waals surface area contributed by atoms with Gasteiger partial charge >= 0.3 is 0 Å². The van der Waals surface area contributed by atoms with E-state index >= 15 is 0 Å². The molecule has 0 spiro atoms. The van der Waals surface area contributed by atoms with Crippen LogP contribution in [0.3, 0.4) is 0 Å². The fraction of sp³-hybridized carbons (Fsp3) is 0.192. The second kappa shape index (κ2) is 11.5. The number of hydrogen-bond acceptors (Lipinski definition) is 4. The zero-order valence-corrected chi connectivity index (χ0v) is 21.9. The summed E-state index contributed by atoms with van der Waals surface area (Å²) in [4.78, 5) is 32.5. The van der Waals surface area contributed by atoms with E-state index in [2.05, 4.69) is 10.3 Å². The van der Waals surface area contributed by atoms with Crippen LogP contribution >= 0.6 is 46.6 Å². The van der Waals surface area contributed by atoms with E-state index in [-0.39, 0.29) is 18.2 Å². The average Bonchev–Trinajstić information content (AvgIpc) is 2.82. The molecule has 3 aromatic rings. The molecule has 0 aromatic heterocycles. The highest BCUT2D eigenvalue weighted by Gasteiger charge is 2.35. The number of thioether (sulfide) groups is 1. The molecule has 1 heterocycles. The van der Waals surface area contributed by atoms with Crippen molar-refractivity contribution in [1.29, 1.82) is 0 Å². The van der Waals surface area contributed by atoms with Crippen molar-refractivity contribution < 1.29 is 9.59 Å². The number of rotatable bonds is 6. The first-order valence-electron chi connectivity index (χ1n) is 10.9. The number of carbonyl (C=O) groups is 2. The van der Waals surface area contributed by atoms with Gasteiger partial charge < -0.3 is 5.32 Å². The molecule has 1 N–H and O–H groups in total. The van der Waals surface area contributed by atoms with Gasteiger partial charge in [0.1, 0.15) is 5.25 Å². The minimum Gasteiger partial charge on any atom is -0.325 e. The molecule has 35 heavy (non-hydrogen) atoms. The van der Waals surface area contributed by atoms with E-state index in [0.717, 1.165) is 11.1 Å². The predicted molar refractivity (Wildman–Crippen MR) is 146 cm³/mol. The van der Waals surface area contributed by atoms with E-state index in [9.17, 15) is 9.59 Å². The molecule has 9 heteroatoms. The molecule has 1 fully saturated rings. The van der Waals surface area contributed by atoms with Crippen LogP contribution in [0.2, 0.25) is 15.1 Å². The minimum absolute atomic E-state index is 0.0608. The molecule has 1 saturated heterocycles. The number of hydrogen-bond donors (Lipinski definition) is 1. The predicted octanol–water partition coefficient (Wildman–Crippen LogP) is 7.16. The summed E-state index contributed by atoms with van der Waals surface area (Å²) in [5.74, 6) is -0.444. The van der Waals surface area contributed by atoms with Gasteiger partial charge in [0, 0.05) is 33.7 Å². The second-order valence-electron chi connectivity index (χ2n) is 8.06. The highest BCUT2D eigenvalue weighted by Crippen LogP contribution is 2.31. The Kier molecular flexibility index (Phi) is 8.39. The van der Waals surface area contributed by atoms with E-state index < -0.39 is 5.25 Å². The molecular weight excluding hydrogens is 525 g/mol. The van der Waals surface area contributed by atoms with Crippen LogP contribution in [0.1, 0.15) is 17.5 Å². The van der Waals surface area contributed by atoms with Gasteiger partial charge in [0.05, 0.1) is 5.69 Å². The Balaban J connectivity index is 1.55. The van der Waals surface area contributed by atoms with Crippen molar-refractivity contribution in [2.75, 3.05) is 11.9 Å². The zero-order chi connectivity index (χ0) is 24.9. The molecule has 2 amide bonds. The van der Waals surface area contributed by atoms with E-state index in [1.807, 2.05) is 37.3 Å². The van der Waals surface area contributed by atoms with Crippen LogP contribution in [-0.4, -0.2) is 33.7 Å². The largest absolute Gasteiger partial charge is 0.325 e. The third-order valence-corrected chi connectivity index (χ3v) is 7.52. The Labute approximate surface area is 223 Å². The van der Waals surface area contributed by atoms with Crippen molar-refractivity contribution in [3.63, 3.8) is 0 Å². The summed E-state index contributed by atoms with van der Waals surface area (Å²) < 4.78 is 0. The summed E-state index contributed by atoms with van der Waals surface area (Å²) in [6.07, 6.45) is 0.683. The number of anilines is 1. The van der Waals surface area contributed by atoms with Crippen molar-refractivity contribution in [2.45, 2.75) is 25.0 Å². The highest BCUT2D eigenvalue weighted by molar-refractivity contribution is 8.15. The van der Waals surface area contributed by atoms with Crippen LogP contribution in [0.5, 0.6) is 0 Å². The molecule has 0 radical (unpaired) electrons. The number of amides is 2. The van der Waals surface area contributed by atoms with Gasteiger partial charge in [-0.1, -0.05) is 70.8 Å². The van der Waals surface area contributed by atoms with Crippen molar-refractivity contribution >= 4 is 74.9 Å². The molecule has 1 unspecified atom stereocenters. The molecule has 0 bridgehead atoms. The number of aryl methyl sites for hydroxylation is 1. The van der Waals surface area contributed by atoms with Crippen molar-refractivity contribution in [3.05, 3.63) is 92.9 Å². The lowest BCUT2D eigenvalue weighted by atomic mass is 10.1. The topological polar surface area (TPSA) is 61.8 Å². The number of aliphatic imine (C=N–C) groups is 1. The number of benzene rings is 3. The first-order chi connectivity index (χ1) is 16.8. The Hall–Kier alpha value is -2.51. The van der Waals surface area contributed by atoms with Crippen LogP contribution in [0.25, 0.3) is 0 Å². The maximum absolute atomic E-state index is 13.2. The lowest BCUT2D eigenvalue weighted by Gasteiger charge is -2.32. The molecule has 0 aliphatic carbocycles. The van der Waals surface area contributed by atoms with Crippen LogP contribution in [0, 0.1) is 6.92 Å². The summed E-state index contributed by atoms with van der Waals surface area (Å²) in [7, 11) is 0. The number of amidine groups is 1. The van der Waals surface area contributed by atoms with Crippen molar-refractivity contribution in [3.8, 4) is 0 Å². The molecule has 1 atom stereocenters. The van der Waals surface area contributed by atoms with Crippen molar-refractivity contribution in [1.82, 2.24) is 4.90 Å². The highest BCUT2D eigenvalue weighted by atomic mass is 35.5. The first-order valence-corrected chi connectivity index (χ1v) is 12.9. The van der Waals surface area contributed by atoms with Crippen LogP contribution in [0.15, 0.2) is 71.7 Å². The molecule has 4 rings (SSSR count). The maximum atomic E-state index is 13.2. The third kappa shape index (κ3) is 6.79. The molecule has 5 nitrogen and oxygen atoms in total. The van der Waals surface area contributed by atoms with Crippen LogP contribution < -0.4 is 5.32 Å². The summed E-state index contributed by atoms with van der Waals surface area (Å²) in [6.45, 7) is 2.32.